The van der Waals surface area contributed by atoms with Crippen LogP contribution in [0.2, 0.25) is 0 Å². The zero-order valence-electron chi connectivity index (χ0n) is 24.4. The third-order valence-corrected chi connectivity index (χ3v) is 7.24. The maximum atomic E-state index is 13.4. The Morgan fingerprint density at radius 2 is 1.12 bits per heavy atom. The minimum atomic E-state index is 0.0191. The highest BCUT2D eigenvalue weighted by Crippen LogP contribution is 2.29. The van der Waals surface area contributed by atoms with Crippen molar-refractivity contribution in [1.82, 2.24) is 0 Å². The normalized spacial score (nSPS) is 13.0. The highest BCUT2D eigenvalue weighted by Gasteiger charge is 2.17. The summed E-state index contributed by atoms with van der Waals surface area (Å²) in [7, 11) is 0. The predicted molar refractivity (Wildman–Crippen MR) is 166 cm³/mol. The smallest absolute Gasteiger partial charge is 0.193 e. The largest absolute Gasteiger partial charge is 0.380 e. The van der Waals surface area contributed by atoms with Gasteiger partial charge in [0.2, 0.25) is 0 Å². The molecule has 210 valence electrons. The molecule has 0 aliphatic heterocycles. The van der Waals surface area contributed by atoms with Gasteiger partial charge >= 0.3 is 0 Å². The van der Waals surface area contributed by atoms with Gasteiger partial charge in [0.05, 0.1) is 13.2 Å². The summed E-state index contributed by atoms with van der Waals surface area (Å²) in [6.07, 6.45) is 6.48. The van der Waals surface area contributed by atoms with Crippen LogP contribution in [0.4, 0.5) is 17.1 Å². The van der Waals surface area contributed by atoms with Crippen LogP contribution in [0.25, 0.3) is 0 Å². The summed E-state index contributed by atoms with van der Waals surface area (Å²) >= 11 is 0. The minimum absolute atomic E-state index is 0.0191. The van der Waals surface area contributed by atoms with Crippen LogP contribution in [0.15, 0.2) is 96.2 Å². The molecule has 0 atom stereocenters. The second kappa shape index (κ2) is 14.6. The molecule has 0 aromatic heterocycles. The van der Waals surface area contributed by atoms with E-state index in [2.05, 4.69) is 60.1 Å². The van der Waals surface area contributed by atoms with Crippen LogP contribution in [0, 0.1) is 6.92 Å². The molecule has 0 bridgehead atoms. The fourth-order valence-corrected chi connectivity index (χ4v) is 4.88. The minimum Gasteiger partial charge on any atom is -0.380 e. The van der Waals surface area contributed by atoms with Gasteiger partial charge in [-0.1, -0.05) is 29.3 Å². The quantitative estimate of drug-likeness (QED) is 0.154. The molecule has 0 saturated heterocycles. The first-order chi connectivity index (χ1) is 19.5. The fourth-order valence-electron chi connectivity index (χ4n) is 4.88. The zero-order chi connectivity index (χ0) is 28.3. The van der Waals surface area contributed by atoms with Crippen LogP contribution < -0.4 is 9.80 Å². The molecule has 3 aromatic carbocycles. The molecular weight excluding hydrogens is 496 g/mol. The molecule has 1 aliphatic rings. The van der Waals surface area contributed by atoms with Gasteiger partial charge in [-0.05, 0) is 107 Å². The number of nitrogens with zero attached hydrogens (tertiary/aromatic N) is 2. The summed E-state index contributed by atoms with van der Waals surface area (Å²) in [6.45, 7) is 12.5. The molecule has 0 heterocycles. The van der Waals surface area contributed by atoms with E-state index in [-0.39, 0.29) is 5.78 Å². The van der Waals surface area contributed by atoms with Gasteiger partial charge in [-0.2, -0.15) is 0 Å². The summed E-state index contributed by atoms with van der Waals surface area (Å²) in [6, 6.07) is 24.3. The molecule has 40 heavy (non-hydrogen) atoms. The van der Waals surface area contributed by atoms with E-state index in [9.17, 15) is 4.79 Å². The van der Waals surface area contributed by atoms with Crippen LogP contribution in [-0.2, 0) is 9.47 Å². The van der Waals surface area contributed by atoms with E-state index >= 15 is 0 Å². The molecule has 0 saturated carbocycles. The van der Waals surface area contributed by atoms with E-state index in [0.717, 1.165) is 43.0 Å². The Balaban J connectivity index is 1.50. The van der Waals surface area contributed by atoms with Crippen LogP contribution in [0.3, 0.4) is 0 Å². The monoisotopic (exact) mass is 538 g/mol. The van der Waals surface area contributed by atoms with Crippen LogP contribution in [0.5, 0.6) is 0 Å². The van der Waals surface area contributed by atoms with E-state index in [1.165, 1.54) is 16.8 Å². The van der Waals surface area contributed by atoms with Crippen molar-refractivity contribution in [2.24, 2.45) is 0 Å². The first kappa shape index (κ1) is 29.3. The molecule has 5 nitrogen and oxygen atoms in total. The average Bonchev–Trinajstić information content (AvgIpc) is 2.99. The van der Waals surface area contributed by atoms with Crippen molar-refractivity contribution in [3.05, 3.63) is 113 Å². The van der Waals surface area contributed by atoms with Crippen molar-refractivity contribution in [3.8, 4) is 0 Å². The Labute approximate surface area is 239 Å². The molecule has 0 amide bonds. The number of carbonyl (C=O) groups excluding carboxylic acids is 1. The maximum Gasteiger partial charge on any atom is 0.193 e. The first-order valence-electron chi connectivity index (χ1n) is 14.4. The Bertz CT molecular complexity index is 1290. The lowest BCUT2D eigenvalue weighted by Gasteiger charge is -2.29. The van der Waals surface area contributed by atoms with E-state index in [0.29, 0.717) is 37.6 Å². The van der Waals surface area contributed by atoms with Crippen molar-refractivity contribution >= 4 is 22.8 Å². The standard InChI is InChI=1S/C35H42N2O3/c1-5-39-25-23-36(31-15-7-27(3)8-16-31)33-19-11-29(12-20-33)35(38)30-13-21-34(22-14-30)37(24-26-40-6-2)32-17-9-28(4)10-18-32/h7-9,11-17,19-22H,5-6,10,18,23-26H2,1-4H3. The predicted octanol–water partition coefficient (Wildman–Crippen LogP) is 7.87. The number of rotatable bonds is 14. The second-order valence-corrected chi connectivity index (χ2v) is 10.1. The summed E-state index contributed by atoms with van der Waals surface area (Å²) in [5.74, 6) is 0.0191. The number of allylic oxidation sites excluding steroid dienone is 4. The number of ketones is 1. The third kappa shape index (κ3) is 7.71. The average molecular weight is 539 g/mol. The summed E-state index contributed by atoms with van der Waals surface area (Å²) in [5, 5.41) is 0. The van der Waals surface area contributed by atoms with Crippen LogP contribution >= 0.6 is 0 Å². The van der Waals surface area contributed by atoms with Crippen LogP contribution in [0.1, 0.15) is 55.1 Å². The molecule has 4 rings (SSSR count). The van der Waals surface area contributed by atoms with Crippen molar-refractivity contribution in [1.29, 1.82) is 0 Å². The summed E-state index contributed by atoms with van der Waals surface area (Å²) in [5.41, 5.74) is 8.47. The third-order valence-electron chi connectivity index (χ3n) is 7.24. The Morgan fingerprint density at radius 1 is 0.650 bits per heavy atom. The lowest BCUT2D eigenvalue weighted by atomic mass is 10.0. The lowest BCUT2D eigenvalue weighted by Crippen LogP contribution is -2.27. The lowest BCUT2D eigenvalue weighted by molar-refractivity contribution is 0.103. The fraction of sp³-hybridized carbons (Fsp3) is 0.343. The Hall–Kier alpha value is -3.67. The molecule has 0 unspecified atom stereocenters. The van der Waals surface area contributed by atoms with Gasteiger partial charge in [0.1, 0.15) is 0 Å². The molecule has 0 fully saturated rings. The van der Waals surface area contributed by atoms with Gasteiger partial charge in [-0.25, -0.2) is 0 Å². The van der Waals surface area contributed by atoms with E-state index in [1.54, 1.807) is 0 Å². The number of carbonyl (C=O) groups is 1. The topological polar surface area (TPSA) is 42.0 Å². The van der Waals surface area contributed by atoms with Crippen molar-refractivity contribution in [2.75, 3.05) is 49.3 Å². The van der Waals surface area contributed by atoms with E-state index < -0.39 is 0 Å². The molecule has 1 aliphatic carbocycles. The number of anilines is 3. The number of hydrogen-bond acceptors (Lipinski definition) is 5. The van der Waals surface area contributed by atoms with Crippen molar-refractivity contribution in [2.45, 2.75) is 40.5 Å². The maximum absolute atomic E-state index is 13.4. The first-order valence-corrected chi connectivity index (χ1v) is 14.4. The molecule has 0 radical (unpaired) electrons. The Kier molecular flexibility index (Phi) is 10.7. The number of hydrogen-bond donors (Lipinski definition) is 0. The van der Waals surface area contributed by atoms with Gasteiger partial charge in [-0.3, -0.25) is 4.79 Å². The number of aryl methyl sites for hydroxylation is 1. The highest BCUT2D eigenvalue weighted by atomic mass is 16.5. The summed E-state index contributed by atoms with van der Waals surface area (Å²) in [4.78, 5) is 17.9. The van der Waals surface area contributed by atoms with Crippen molar-refractivity contribution < 1.29 is 14.3 Å². The summed E-state index contributed by atoms with van der Waals surface area (Å²) < 4.78 is 11.3. The second-order valence-electron chi connectivity index (χ2n) is 10.1. The van der Waals surface area contributed by atoms with Gasteiger partial charge < -0.3 is 19.3 Å². The highest BCUT2D eigenvalue weighted by molar-refractivity contribution is 6.09. The molecule has 3 aromatic rings. The van der Waals surface area contributed by atoms with E-state index in [1.807, 2.05) is 62.4 Å². The van der Waals surface area contributed by atoms with Gasteiger partial charge in [-0.15, -0.1) is 0 Å². The molecule has 0 spiro atoms. The van der Waals surface area contributed by atoms with Gasteiger partial charge in [0.15, 0.2) is 5.78 Å². The number of ether oxygens (including phenoxy) is 2. The molecule has 0 N–H and O–H groups in total. The van der Waals surface area contributed by atoms with Crippen LogP contribution in [-0.4, -0.2) is 45.3 Å². The zero-order valence-corrected chi connectivity index (χ0v) is 24.4. The van der Waals surface area contributed by atoms with Gasteiger partial charge in [0.25, 0.3) is 0 Å². The number of benzene rings is 3. The SMILES string of the molecule is CCOCCN(C1=CC=C(C)CC1)c1ccc(C(=O)c2ccc(N(CCOCC)c3ccc(C)cc3)cc2)cc1. The molecular formula is C35H42N2O3. The van der Waals surface area contributed by atoms with E-state index in [4.69, 9.17) is 9.47 Å². The Morgan fingerprint density at radius 3 is 1.60 bits per heavy atom. The van der Waals surface area contributed by atoms with Gasteiger partial charge in [0, 0.05) is 60.2 Å². The van der Waals surface area contributed by atoms with Crippen molar-refractivity contribution in [3.63, 3.8) is 0 Å². The molecule has 5 heteroatoms.